The van der Waals surface area contributed by atoms with Crippen LogP contribution in [-0.4, -0.2) is 30.6 Å². The average molecular weight is 196 g/mol. The van der Waals surface area contributed by atoms with Gasteiger partial charge < -0.3 is 10.2 Å². The van der Waals surface area contributed by atoms with Gasteiger partial charge in [0.25, 0.3) is 0 Å². The SMILES string of the molecule is C=CCN(CC=C)C(=O)NCC(C)C. The Morgan fingerprint density at radius 1 is 1.36 bits per heavy atom. The first-order valence-corrected chi connectivity index (χ1v) is 4.86. The zero-order chi connectivity index (χ0) is 11.0. The molecular weight excluding hydrogens is 176 g/mol. The van der Waals surface area contributed by atoms with Crippen molar-refractivity contribution in [3.8, 4) is 0 Å². The largest absolute Gasteiger partial charge is 0.338 e. The molecule has 0 aliphatic carbocycles. The summed E-state index contributed by atoms with van der Waals surface area (Å²) in [6, 6.07) is -0.0569. The second-order valence-corrected chi connectivity index (χ2v) is 3.56. The van der Waals surface area contributed by atoms with Crippen molar-refractivity contribution in [3.05, 3.63) is 25.3 Å². The van der Waals surface area contributed by atoms with Gasteiger partial charge >= 0.3 is 6.03 Å². The minimum Gasteiger partial charge on any atom is -0.338 e. The Balaban J connectivity index is 4.00. The van der Waals surface area contributed by atoms with Crippen LogP contribution in [0.1, 0.15) is 13.8 Å². The fourth-order valence-corrected chi connectivity index (χ4v) is 0.955. The molecule has 0 bridgehead atoms. The van der Waals surface area contributed by atoms with Gasteiger partial charge in [-0.2, -0.15) is 0 Å². The second kappa shape index (κ2) is 7.18. The number of nitrogens with one attached hydrogen (secondary N) is 1. The van der Waals surface area contributed by atoms with Crippen LogP contribution in [-0.2, 0) is 0 Å². The molecule has 0 heterocycles. The van der Waals surface area contributed by atoms with Gasteiger partial charge in [-0.05, 0) is 5.92 Å². The Hall–Kier alpha value is -1.25. The Labute approximate surface area is 86.5 Å². The number of hydrogen-bond donors (Lipinski definition) is 1. The minimum absolute atomic E-state index is 0.0569. The molecule has 0 aromatic heterocycles. The lowest BCUT2D eigenvalue weighted by molar-refractivity contribution is 0.207. The summed E-state index contributed by atoms with van der Waals surface area (Å²) in [5.41, 5.74) is 0. The molecule has 0 aliphatic rings. The van der Waals surface area contributed by atoms with E-state index in [1.54, 1.807) is 17.1 Å². The van der Waals surface area contributed by atoms with E-state index in [2.05, 4.69) is 32.3 Å². The van der Waals surface area contributed by atoms with Crippen molar-refractivity contribution in [2.45, 2.75) is 13.8 Å². The van der Waals surface area contributed by atoms with E-state index in [4.69, 9.17) is 0 Å². The number of nitrogens with zero attached hydrogens (tertiary/aromatic N) is 1. The number of rotatable bonds is 6. The maximum Gasteiger partial charge on any atom is 0.317 e. The molecule has 80 valence electrons. The van der Waals surface area contributed by atoms with E-state index in [0.717, 1.165) is 0 Å². The highest BCUT2D eigenvalue weighted by Crippen LogP contribution is 1.93. The molecule has 0 aromatic rings. The molecule has 0 fully saturated rings. The maximum absolute atomic E-state index is 11.5. The molecule has 0 atom stereocenters. The van der Waals surface area contributed by atoms with Crippen molar-refractivity contribution in [1.29, 1.82) is 0 Å². The molecule has 3 heteroatoms. The third kappa shape index (κ3) is 5.41. The molecule has 0 saturated heterocycles. The summed E-state index contributed by atoms with van der Waals surface area (Å²) >= 11 is 0. The Morgan fingerprint density at radius 2 is 1.86 bits per heavy atom. The van der Waals surface area contributed by atoms with E-state index in [0.29, 0.717) is 25.6 Å². The summed E-state index contributed by atoms with van der Waals surface area (Å²) in [6.45, 7) is 13.1. The Morgan fingerprint density at radius 3 is 2.21 bits per heavy atom. The van der Waals surface area contributed by atoms with Crippen LogP contribution in [0.5, 0.6) is 0 Å². The molecule has 14 heavy (non-hydrogen) atoms. The topological polar surface area (TPSA) is 32.3 Å². The predicted octanol–water partition coefficient (Wildman–Crippen LogP) is 2.03. The van der Waals surface area contributed by atoms with Gasteiger partial charge in [0.15, 0.2) is 0 Å². The highest BCUT2D eigenvalue weighted by Gasteiger charge is 2.09. The summed E-state index contributed by atoms with van der Waals surface area (Å²) in [6.07, 6.45) is 3.41. The molecule has 2 amide bonds. The van der Waals surface area contributed by atoms with Gasteiger partial charge in [0.1, 0.15) is 0 Å². The van der Waals surface area contributed by atoms with E-state index < -0.39 is 0 Å². The van der Waals surface area contributed by atoms with Gasteiger partial charge in [-0.15, -0.1) is 13.2 Å². The van der Waals surface area contributed by atoms with Gasteiger partial charge in [-0.3, -0.25) is 0 Å². The van der Waals surface area contributed by atoms with Gasteiger partial charge in [0, 0.05) is 19.6 Å². The van der Waals surface area contributed by atoms with Crippen LogP contribution >= 0.6 is 0 Å². The van der Waals surface area contributed by atoms with Crippen LogP contribution in [0, 0.1) is 5.92 Å². The third-order valence-electron chi connectivity index (χ3n) is 1.65. The van der Waals surface area contributed by atoms with Crippen LogP contribution in [0.4, 0.5) is 4.79 Å². The summed E-state index contributed by atoms with van der Waals surface area (Å²) in [7, 11) is 0. The molecule has 3 nitrogen and oxygen atoms in total. The monoisotopic (exact) mass is 196 g/mol. The molecule has 0 aromatic carbocycles. The fourth-order valence-electron chi connectivity index (χ4n) is 0.955. The van der Waals surface area contributed by atoms with Gasteiger partial charge in [-0.1, -0.05) is 26.0 Å². The zero-order valence-corrected chi connectivity index (χ0v) is 9.12. The van der Waals surface area contributed by atoms with Crippen molar-refractivity contribution in [3.63, 3.8) is 0 Å². The van der Waals surface area contributed by atoms with E-state index in [1.165, 1.54) is 0 Å². The Bertz CT molecular complexity index is 189. The Kier molecular flexibility index (Phi) is 6.54. The standard InChI is InChI=1S/C11H20N2O/c1-5-7-13(8-6-2)11(14)12-9-10(3)4/h5-6,10H,1-2,7-9H2,3-4H3,(H,12,14). The van der Waals surface area contributed by atoms with Crippen LogP contribution < -0.4 is 5.32 Å². The predicted molar refractivity (Wildman–Crippen MR) is 60.2 cm³/mol. The second-order valence-electron chi connectivity index (χ2n) is 3.56. The van der Waals surface area contributed by atoms with Crippen molar-refractivity contribution in [2.24, 2.45) is 5.92 Å². The van der Waals surface area contributed by atoms with Gasteiger partial charge in [0.2, 0.25) is 0 Å². The van der Waals surface area contributed by atoms with Gasteiger partial charge in [0.05, 0.1) is 0 Å². The zero-order valence-electron chi connectivity index (χ0n) is 9.12. The molecule has 0 rings (SSSR count). The first kappa shape index (κ1) is 12.8. The van der Waals surface area contributed by atoms with E-state index >= 15 is 0 Å². The summed E-state index contributed by atoms with van der Waals surface area (Å²) in [5.74, 6) is 0.466. The lowest BCUT2D eigenvalue weighted by Crippen LogP contribution is -2.41. The molecule has 0 aliphatic heterocycles. The molecule has 0 spiro atoms. The van der Waals surface area contributed by atoms with Crippen LogP contribution in [0.2, 0.25) is 0 Å². The van der Waals surface area contributed by atoms with E-state index in [1.807, 2.05) is 0 Å². The fraction of sp³-hybridized carbons (Fsp3) is 0.545. The highest BCUT2D eigenvalue weighted by atomic mass is 16.2. The van der Waals surface area contributed by atoms with E-state index in [-0.39, 0.29) is 6.03 Å². The number of carbonyl (C=O) groups is 1. The first-order valence-electron chi connectivity index (χ1n) is 4.86. The van der Waals surface area contributed by atoms with Crippen molar-refractivity contribution in [1.82, 2.24) is 10.2 Å². The third-order valence-corrected chi connectivity index (χ3v) is 1.65. The first-order chi connectivity index (χ1) is 6.61. The molecule has 0 radical (unpaired) electrons. The number of urea groups is 1. The molecule has 0 unspecified atom stereocenters. The molecule has 1 N–H and O–H groups in total. The summed E-state index contributed by atoms with van der Waals surface area (Å²) in [5, 5.41) is 2.84. The number of hydrogen-bond acceptors (Lipinski definition) is 1. The number of amides is 2. The average Bonchev–Trinajstić information content (AvgIpc) is 2.14. The molecular formula is C11H20N2O. The van der Waals surface area contributed by atoms with Crippen LogP contribution in [0.25, 0.3) is 0 Å². The van der Waals surface area contributed by atoms with Gasteiger partial charge in [-0.25, -0.2) is 4.79 Å². The van der Waals surface area contributed by atoms with Crippen LogP contribution in [0.3, 0.4) is 0 Å². The van der Waals surface area contributed by atoms with Crippen LogP contribution in [0.15, 0.2) is 25.3 Å². The lowest BCUT2D eigenvalue weighted by Gasteiger charge is -2.20. The smallest absolute Gasteiger partial charge is 0.317 e. The van der Waals surface area contributed by atoms with Crippen molar-refractivity contribution in [2.75, 3.05) is 19.6 Å². The molecule has 0 saturated carbocycles. The minimum atomic E-state index is -0.0569. The van der Waals surface area contributed by atoms with E-state index in [9.17, 15) is 4.79 Å². The number of carbonyl (C=O) groups excluding carboxylic acids is 1. The lowest BCUT2D eigenvalue weighted by atomic mass is 10.2. The normalized spacial score (nSPS) is 9.64. The highest BCUT2D eigenvalue weighted by molar-refractivity contribution is 5.74. The van der Waals surface area contributed by atoms with Crippen molar-refractivity contribution >= 4 is 6.03 Å². The summed E-state index contributed by atoms with van der Waals surface area (Å²) < 4.78 is 0. The summed E-state index contributed by atoms with van der Waals surface area (Å²) in [4.78, 5) is 13.2. The maximum atomic E-state index is 11.5. The van der Waals surface area contributed by atoms with Crippen molar-refractivity contribution < 1.29 is 4.79 Å². The quantitative estimate of drug-likeness (QED) is 0.648.